The minimum atomic E-state index is -0.533. The molecule has 1 spiro atoms. The molecule has 6 heteroatoms. The Labute approximate surface area is 185 Å². The van der Waals surface area contributed by atoms with Gasteiger partial charge in [0.2, 0.25) is 0 Å². The lowest BCUT2D eigenvalue weighted by atomic mass is 9.80. The highest BCUT2D eigenvalue weighted by Crippen LogP contribution is 2.46. The molecular formula is C25H35NO5. The minimum Gasteiger partial charge on any atom is -0.455 e. The molecule has 2 fully saturated rings. The van der Waals surface area contributed by atoms with Crippen molar-refractivity contribution < 1.29 is 23.8 Å². The van der Waals surface area contributed by atoms with Gasteiger partial charge in [0.1, 0.15) is 0 Å². The van der Waals surface area contributed by atoms with Crippen molar-refractivity contribution in [3.8, 4) is 11.5 Å². The Hall–Kier alpha value is -2.24. The van der Waals surface area contributed by atoms with Crippen molar-refractivity contribution in [3.05, 3.63) is 18.2 Å². The monoisotopic (exact) mass is 429 g/mol. The Bertz CT molecular complexity index is 778. The first-order chi connectivity index (χ1) is 15.1. The summed E-state index contributed by atoms with van der Waals surface area (Å²) in [5, 5.41) is 2.80. The molecule has 1 aromatic carbocycles. The molecule has 2 aliphatic carbocycles. The molecular weight excluding hydrogens is 394 g/mol. The number of carbonyl (C=O) groups excluding carboxylic acids is 2. The van der Waals surface area contributed by atoms with Gasteiger partial charge in [-0.2, -0.15) is 0 Å². The van der Waals surface area contributed by atoms with E-state index in [1.54, 1.807) is 12.1 Å². The number of amides is 1. The van der Waals surface area contributed by atoms with Crippen LogP contribution < -0.4 is 14.8 Å². The van der Waals surface area contributed by atoms with Gasteiger partial charge in [-0.3, -0.25) is 9.59 Å². The van der Waals surface area contributed by atoms with Gasteiger partial charge < -0.3 is 19.5 Å². The lowest BCUT2D eigenvalue weighted by Gasteiger charge is -2.31. The number of benzene rings is 1. The van der Waals surface area contributed by atoms with Crippen molar-refractivity contribution in [1.29, 1.82) is 0 Å². The third-order valence-electron chi connectivity index (χ3n) is 6.93. The van der Waals surface area contributed by atoms with Gasteiger partial charge in [0.15, 0.2) is 18.1 Å². The maximum absolute atomic E-state index is 12.4. The van der Waals surface area contributed by atoms with Crippen LogP contribution in [0.1, 0.15) is 84.0 Å². The first kappa shape index (κ1) is 22.0. The van der Waals surface area contributed by atoms with Crippen LogP contribution in [-0.2, 0) is 14.3 Å². The highest BCUT2D eigenvalue weighted by Gasteiger charge is 2.42. The normalized spacial score (nSPS) is 24.0. The van der Waals surface area contributed by atoms with Crippen LogP contribution in [0, 0.1) is 11.8 Å². The predicted molar refractivity (Wildman–Crippen MR) is 118 cm³/mol. The van der Waals surface area contributed by atoms with Crippen LogP contribution in [-0.4, -0.2) is 24.3 Å². The molecule has 0 atom stereocenters. The van der Waals surface area contributed by atoms with E-state index in [1.165, 1.54) is 25.7 Å². The van der Waals surface area contributed by atoms with Gasteiger partial charge in [-0.1, -0.05) is 32.6 Å². The summed E-state index contributed by atoms with van der Waals surface area (Å²) in [6.45, 7) is 1.96. The van der Waals surface area contributed by atoms with E-state index >= 15 is 0 Å². The molecule has 0 aromatic heterocycles. The summed E-state index contributed by atoms with van der Waals surface area (Å²) in [5.74, 6) is 0.950. The van der Waals surface area contributed by atoms with E-state index in [4.69, 9.17) is 14.2 Å². The Morgan fingerprint density at radius 3 is 2.55 bits per heavy atom. The summed E-state index contributed by atoms with van der Waals surface area (Å²) >= 11 is 0. The highest BCUT2D eigenvalue weighted by atomic mass is 16.7. The summed E-state index contributed by atoms with van der Waals surface area (Å²) in [5.41, 5.74) is 0.618. The average molecular weight is 430 g/mol. The molecule has 0 bridgehead atoms. The zero-order valence-corrected chi connectivity index (χ0v) is 18.6. The summed E-state index contributed by atoms with van der Waals surface area (Å²) in [4.78, 5) is 24.7. The topological polar surface area (TPSA) is 73.9 Å². The summed E-state index contributed by atoms with van der Waals surface area (Å²) in [6.07, 6.45) is 12.9. The molecule has 3 aliphatic rings. The van der Waals surface area contributed by atoms with E-state index in [0.717, 1.165) is 63.0 Å². The van der Waals surface area contributed by atoms with Gasteiger partial charge >= 0.3 is 5.97 Å². The number of hydrogen-bond acceptors (Lipinski definition) is 5. The molecule has 31 heavy (non-hydrogen) atoms. The van der Waals surface area contributed by atoms with E-state index in [2.05, 4.69) is 12.2 Å². The number of rotatable bonds is 7. The smallest absolute Gasteiger partial charge is 0.309 e. The Kier molecular flexibility index (Phi) is 7.03. The lowest BCUT2D eigenvalue weighted by Crippen LogP contribution is -2.40. The quantitative estimate of drug-likeness (QED) is 0.571. The van der Waals surface area contributed by atoms with E-state index in [9.17, 15) is 9.59 Å². The SMILES string of the molecule is CCCCC1CCC(C(=O)OCC(=O)Nc2ccc3c(c2)OC2(CCCCC2)O3)CC1. The second-order valence-corrected chi connectivity index (χ2v) is 9.35. The molecule has 2 saturated carbocycles. The number of carbonyl (C=O) groups is 2. The summed E-state index contributed by atoms with van der Waals surface area (Å²) < 4.78 is 17.5. The lowest BCUT2D eigenvalue weighted by molar-refractivity contribution is -0.152. The predicted octanol–water partition coefficient (Wildman–Crippen LogP) is 5.60. The molecule has 6 nitrogen and oxygen atoms in total. The average Bonchev–Trinajstić information content (AvgIpc) is 3.13. The molecule has 1 heterocycles. The van der Waals surface area contributed by atoms with E-state index < -0.39 is 5.79 Å². The van der Waals surface area contributed by atoms with Crippen molar-refractivity contribution in [1.82, 2.24) is 0 Å². The minimum absolute atomic E-state index is 0.0668. The van der Waals surface area contributed by atoms with Gasteiger partial charge in [0, 0.05) is 24.6 Å². The van der Waals surface area contributed by atoms with Crippen molar-refractivity contribution >= 4 is 17.6 Å². The zero-order valence-electron chi connectivity index (χ0n) is 18.6. The third kappa shape index (κ3) is 5.52. The molecule has 0 saturated heterocycles. The summed E-state index contributed by atoms with van der Waals surface area (Å²) in [6, 6.07) is 5.41. The first-order valence-corrected chi connectivity index (χ1v) is 12.1. The number of hydrogen-bond donors (Lipinski definition) is 1. The van der Waals surface area contributed by atoms with E-state index in [-0.39, 0.29) is 24.4 Å². The van der Waals surface area contributed by atoms with Crippen molar-refractivity contribution in [2.24, 2.45) is 11.8 Å². The Balaban J connectivity index is 1.21. The van der Waals surface area contributed by atoms with Crippen LogP contribution >= 0.6 is 0 Å². The second-order valence-electron chi connectivity index (χ2n) is 9.35. The fourth-order valence-corrected chi connectivity index (χ4v) is 5.10. The molecule has 1 aliphatic heterocycles. The van der Waals surface area contributed by atoms with Crippen LogP contribution in [0.3, 0.4) is 0 Å². The van der Waals surface area contributed by atoms with Crippen molar-refractivity contribution in [2.45, 2.75) is 89.8 Å². The third-order valence-corrected chi connectivity index (χ3v) is 6.93. The van der Waals surface area contributed by atoms with E-state index in [0.29, 0.717) is 11.4 Å². The number of anilines is 1. The molecule has 170 valence electrons. The summed E-state index contributed by atoms with van der Waals surface area (Å²) in [7, 11) is 0. The van der Waals surface area contributed by atoms with Crippen LogP contribution in [0.4, 0.5) is 5.69 Å². The number of nitrogens with one attached hydrogen (secondary N) is 1. The van der Waals surface area contributed by atoms with Crippen molar-refractivity contribution in [3.63, 3.8) is 0 Å². The molecule has 1 aromatic rings. The van der Waals surface area contributed by atoms with Gasteiger partial charge in [-0.25, -0.2) is 0 Å². The molecule has 4 rings (SSSR count). The molecule has 0 radical (unpaired) electrons. The highest BCUT2D eigenvalue weighted by molar-refractivity contribution is 5.93. The number of fused-ring (bicyclic) bond motifs is 1. The largest absolute Gasteiger partial charge is 0.455 e. The van der Waals surface area contributed by atoms with Crippen LogP contribution in [0.2, 0.25) is 0 Å². The second kappa shape index (κ2) is 9.92. The van der Waals surface area contributed by atoms with Gasteiger partial charge in [0.05, 0.1) is 5.92 Å². The Morgan fingerprint density at radius 1 is 1.06 bits per heavy atom. The van der Waals surface area contributed by atoms with E-state index in [1.807, 2.05) is 6.07 Å². The zero-order chi connectivity index (χ0) is 21.7. The van der Waals surface area contributed by atoms with Crippen LogP contribution in [0.5, 0.6) is 11.5 Å². The van der Waals surface area contributed by atoms with Gasteiger partial charge in [0.25, 0.3) is 11.7 Å². The Morgan fingerprint density at radius 2 is 1.81 bits per heavy atom. The standard InChI is InChI=1S/C25H35NO5/c1-2-3-7-18-8-10-19(11-9-18)24(28)29-17-23(27)26-20-12-13-21-22(16-20)31-25(30-21)14-5-4-6-15-25/h12-13,16,18-19H,2-11,14-15,17H2,1H3,(H,26,27). The maximum atomic E-state index is 12.4. The van der Waals surface area contributed by atoms with Crippen LogP contribution in [0.25, 0.3) is 0 Å². The fraction of sp³-hybridized carbons (Fsp3) is 0.680. The van der Waals surface area contributed by atoms with Crippen molar-refractivity contribution in [2.75, 3.05) is 11.9 Å². The number of esters is 1. The van der Waals surface area contributed by atoms with Gasteiger partial charge in [-0.15, -0.1) is 0 Å². The number of ether oxygens (including phenoxy) is 3. The fourth-order valence-electron chi connectivity index (χ4n) is 5.10. The molecule has 1 N–H and O–H groups in total. The van der Waals surface area contributed by atoms with Crippen LogP contribution in [0.15, 0.2) is 18.2 Å². The molecule has 0 unspecified atom stereocenters. The molecule has 1 amide bonds. The van der Waals surface area contributed by atoms with Gasteiger partial charge in [-0.05, 0) is 56.6 Å². The number of unbranched alkanes of at least 4 members (excludes halogenated alkanes) is 1. The first-order valence-electron chi connectivity index (χ1n) is 12.1. The maximum Gasteiger partial charge on any atom is 0.309 e.